The van der Waals surface area contributed by atoms with Crippen molar-refractivity contribution in [3.8, 4) is 11.6 Å². The number of amides is 1. The summed E-state index contributed by atoms with van der Waals surface area (Å²) >= 11 is 0. The fraction of sp³-hybridized carbons (Fsp3) is 0.273. The number of carbonyl (C=O) groups is 1. The Hall–Kier alpha value is -3.94. The molecule has 0 atom stereocenters. The Morgan fingerprint density at radius 1 is 1.14 bits per heavy atom. The maximum absolute atomic E-state index is 13.3. The number of aromatic nitrogens is 4. The average molecular weight is 519 g/mol. The number of hydrogen-bond acceptors (Lipinski definition) is 8. The lowest BCUT2D eigenvalue weighted by Crippen LogP contribution is -2.28. The molecule has 3 aromatic heterocycles. The Morgan fingerprint density at radius 2 is 1.94 bits per heavy atom. The second kappa shape index (κ2) is 7.53. The molecule has 1 fully saturated rings. The van der Waals surface area contributed by atoms with Crippen LogP contribution in [0.25, 0.3) is 10.9 Å². The standard InChI is InChI=1S/C22H16F3N5O5S/c23-22(24,25)21(4-5-21)17-8-18(29-35-17)28-20(31)30-6-3-12-7-13(1-2-16(12)30)34-19-14-9-36(32,33)10-15(14)26-11-27-19/h1-3,6-8,11H,4-5,9-10H2,(H,28,29,31). The summed E-state index contributed by atoms with van der Waals surface area (Å²) in [5.41, 5.74) is -0.719. The molecule has 0 unspecified atom stereocenters. The number of hydrogen-bond donors (Lipinski definition) is 1. The largest absolute Gasteiger partial charge is 0.439 e. The van der Waals surface area contributed by atoms with E-state index in [1.165, 1.54) is 17.1 Å². The van der Waals surface area contributed by atoms with Gasteiger partial charge in [-0.2, -0.15) is 13.2 Å². The molecule has 6 rings (SSSR count). The minimum atomic E-state index is -4.45. The number of fused-ring (bicyclic) bond motifs is 2. The van der Waals surface area contributed by atoms with Crippen molar-refractivity contribution in [1.29, 1.82) is 0 Å². The molecule has 1 aliphatic carbocycles. The third kappa shape index (κ3) is 3.68. The first-order valence-electron chi connectivity index (χ1n) is 10.7. The van der Waals surface area contributed by atoms with E-state index >= 15 is 0 Å². The highest BCUT2D eigenvalue weighted by Gasteiger charge is 2.66. The Bertz CT molecular complexity index is 1640. The number of anilines is 1. The summed E-state index contributed by atoms with van der Waals surface area (Å²) in [5, 5.41) is 6.64. The molecule has 36 heavy (non-hydrogen) atoms. The highest BCUT2D eigenvalue weighted by atomic mass is 32.2. The quantitative estimate of drug-likeness (QED) is 0.422. The van der Waals surface area contributed by atoms with Crippen molar-refractivity contribution in [1.82, 2.24) is 19.7 Å². The number of rotatable bonds is 4. The van der Waals surface area contributed by atoms with Gasteiger partial charge in [-0.05, 0) is 37.1 Å². The van der Waals surface area contributed by atoms with Gasteiger partial charge in [0.05, 0.1) is 28.3 Å². The summed E-state index contributed by atoms with van der Waals surface area (Å²) < 4.78 is 75.7. The van der Waals surface area contributed by atoms with Gasteiger partial charge in [0.2, 0.25) is 5.88 Å². The summed E-state index contributed by atoms with van der Waals surface area (Å²) in [7, 11) is -3.30. The molecule has 14 heteroatoms. The van der Waals surface area contributed by atoms with Crippen LogP contribution in [-0.2, 0) is 26.8 Å². The van der Waals surface area contributed by atoms with Crippen molar-refractivity contribution in [2.75, 3.05) is 5.32 Å². The first-order valence-corrected chi connectivity index (χ1v) is 12.5. The molecule has 0 spiro atoms. The normalized spacial score (nSPS) is 17.6. The molecule has 1 aromatic carbocycles. The smallest absolute Gasteiger partial charge is 0.401 e. The molecule has 0 bridgehead atoms. The number of halogens is 3. The SMILES string of the molecule is O=C(Nc1cc(C2(C(F)(F)F)CC2)on1)n1ccc2cc(Oc3ncnc4c3CS(=O)(=O)C4)ccc21. The molecule has 1 saturated carbocycles. The molecule has 0 saturated heterocycles. The lowest BCUT2D eigenvalue weighted by atomic mass is 10.0. The third-order valence-corrected chi connectivity index (χ3v) is 7.76. The highest BCUT2D eigenvalue weighted by Crippen LogP contribution is 2.59. The van der Waals surface area contributed by atoms with Gasteiger partial charge in [0.1, 0.15) is 17.5 Å². The van der Waals surface area contributed by atoms with E-state index in [0.29, 0.717) is 27.9 Å². The first kappa shape index (κ1) is 22.5. The highest BCUT2D eigenvalue weighted by molar-refractivity contribution is 7.90. The third-order valence-electron chi connectivity index (χ3n) is 6.32. The number of nitrogens with one attached hydrogen (secondary N) is 1. The molecule has 10 nitrogen and oxygen atoms in total. The second-order valence-electron chi connectivity index (χ2n) is 8.73. The fourth-order valence-electron chi connectivity index (χ4n) is 4.26. The Morgan fingerprint density at radius 3 is 2.69 bits per heavy atom. The van der Waals surface area contributed by atoms with E-state index in [-0.39, 0.29) is 41.8 Å². The molecular formula is C22H16F3N5O5S. The fourth-order valence-corrected chi connectivity index (χ4v) is 5.76. The van der Waals surface area contributed by atoms with Crippen LogP contribution in [0, 0.1) is 0 Å². The molecule has 4 aromatic rings. The van der Waals surface area contributed by atoms with Crippen molar-refractivity contribution in [2.45, 2.75) is 35.9 Å². The molecular weight excluding hydrogens is 503 g/mol. The van der Waals surface area contributed by atoms with E-state index in [1.807, 2.05) is 0 Å². The van der Waals surface area contributed by atoms with Crippen LogP contribution in [-0.4, -0.2) is 40.3 Å². The average Bonchev–Trinajstić information content (AvgIpc) is 3.16. The number of ether oxygens (including phenoxy) is 1. The second-order valence-corrected chi connectivity index (χ2v) is 10.8. The van der Waals surface area contributed by atoms with E-state index in [9.17, 15) is 26.4 Å². The summed E-state index contributed by atoms with van der Waals surface area (Å²) in [5.74, 6) is -0.304. The number of sulfone groups is 1. The van der Waals surface area contributed by atoms with Crippen LogP contribution >= 0.6 is 0 Å². The Labute approximate surface area is 201 Å². The van der Waals surface area contributed by atoms with Gasteiger partial charge in [0.15, 0.2) is 21.4 Å². The predicted octanol–water partition coefficient (Wildman–Crippen LogP) is 4.31. The molecule has 186 valence electrons. The van der Waals surface area contributed by atoms with Crippen molar-refractivity contribution in [3.05, 3.63) is 59.9 Å². The maximum atomic E-state index is 13.3. The number of nitrogens with zero attached hydrogens (tertiary/aromatic N) is 4. The van der Waals surface area contributed by atoms with Gasteiger partial charge in [-0.1, -0.05) is 5.16 Å². The molecule has 1 N–H and O–H groups in total. The summed E-state index contributed by atoms with van der Waals surface area (Å²) in [6.45, 7) is 0. The predicted molar refractivity (Wildman–Crippen MR) is 118 cm³/mol. The van der Waals surface area contributed by atoms with E-state index < -0.39 is 27.5 Å². The van der Waals surface area contributed by atoms with Gasteiger partial charge in [-0.15, -0.1) is 0 Å². The van der Waals surface area contributed by atoms with Crippen LogP contribution in [0.15, 0.2) is 47.4 Å². The van der Waals surface area contributed by atoms with E-state index in [4.69, 9.17) is 9.26 Å². The van der Waals surface area contributed by atoms with Crippen molar-refractivity contribution < 1.29 is 35.6 Å². The Kier molecular flexibility index (Phi) is 4.71. The van der Waals surface area contributed by atoms with E-state index in [0.717, 1.165) is 6.07 Å². The van der Waals surface area contributed by atoms with Crippen LogP contribution in [0.4, 0.5) is 23.8 Å². The van der Waals surface area contributed by atoms with Gasteiger partial charge in [0, 0.05) is 17.6 Å². The molecule has 4 heterocycles. The van der Waals surface area contributed by atoms with E-state index in [2.05, 4.69) is 20.4 Å². The van der Waals surface area contributed by atoms with Crippen molar-refractivity contribution >= 4 is 32.6 Å². The van der Waals surface area contributed by atoms with Gasteiger partial charge in [0.25, 0.3) is 0 Å². The Balaban J connectivity index is 1.21. The van der Waals surface area contributed by atoms with Gasteiger partial charge in [-0.25, -0.2) is 23.2 Å². The van der Waals surface area contributed by atoms with Gasteiger partial charge in [-0.3, -0.25) is 9.88 Å². The molecule has 1 aliphatic heterocycles. The van der Waals surface area contributed by atoms with Crippen LogP contribution < -0.4 is 10.1 Å². The zero-order valence-corrected chi connectivity index (χ0v) is 19.1. The van der Waals surface area contributed by atoms with E-state index in [1.54, 1.807) is 24.3 Å². The topological polar surface area (TPSA) is 129 Å². The van der Waals surface area contributed by atoms with Crippen LogP contribution in [0.1, 0.15) is 29.9 Å². The van der Waals surface area contributed by atoms with Crippen LogP contribution in [0.5, 0.6) is 11.6 Å². The number of carbonyl (C=O) groups excluding carboxylic acids is 1. The minimum Gasteiger partial charge on any atom is -0.439 e. The zero-order valence-electron chi connectivity index (χ0n) is 18.2. The van der Waals surface area contributed by atoms with Crippen molar-refractivity contribution in [2.24, 2.45) is 0 Å². The van der Waals surface area contributed by atoms with Gasteiger partial charge >= 0.3 is 12.2 Å². The lowest BCUT2D eigenvalue weighted by molar-refractivity contribution is -0.165. The van der Waals surface area contributed by atoms with Crippen molar-refractivity contribution in [3.63, 3.8) is 0 Å². The zero-order chi connectivity index (χ0) is 25.3. The monoisotopic (exact) mass is 519 g/mol. The van der Waals surface area contributed by atoms with Gasteiger partial charge < -0.3 is 9.26 Å². The number of alkyl halides is 3. The van der Waals surface area contributed by atoms with Crippen LogP contribution in [0.3, 0.4) is 0 Å². The summed E-state index contributed by atoms with van der Waals surface area (Å²) in [6.07, 6.45) is -1.90. The number of benzene rings is 1. The molecule has 1 amide bonds. The minimum absolute atomic E-state index is 0.0840. The summed E-state index contributed by atoms with van der Waals surface area (Å²) in [4.78, 5) is 20.8. The molecule has 0 radical (unpaired) electrons. The lowest BCUT2D eigenvalue weighted by Gasteiger charge is -2.14. The first-order chi connectivity index (χ1) is 17.0. The maximum Gasteiger partial charge on any atom is 0.401 e. The summed E-state index contributed by atoms with van der Waals surface area (Å²) in [6, 6.07) is 6.93. The van der Waals surface area contributed by atoms with Crippen LogP contribution in [0.2, 0.25) is 0 Å². The molecule has 2 aliphatic rings.